The Morgan fingerprint density at radius 2 is 2.15 bits per heavy atom. The van der Waals surface area contributed by atoms with Crippen LogP contribution >= 0.6 is 0 Å². The van der Waals surface area contributed by atoms with E-state index in [0.29, 0.717) is 18.7 Å². The molecule has 0 radical (unpaired) electrons. The zero-order valence-corrected chi connectivity index (χ0v) is 11.5. The van der Waals surface area contributed by atoms with Crippen molar-refractivity contribution in [2.75, 3.05) is 6.54 Å². The summed E-state index contributed by atoms with van der Waals surface area (Å²) in [7, 11) is 0. The first-order valence-electron chi connectivity index (χ1n) is 6.58. The topological polar surface area (TPSA) is 88.5 Å². The Bertz CT molecular complexity index is 524. The van der Waals surface area contributed by atoms with Gasteiger partial charge in [0.1, 0.15) is 5.69 Å². The third-order valence-electron chi connectivity index (χ3n) is 3.21. The SMILES string of the molecule is CC(C)Oc1cccc(C(=O)NCC2(C(=O)O)CC2)n1. The molecule has 1 aliphatic carbocycles. The van der Waals surface area contributed by atoms with Gasteiger partial charge in [0.25, 0.3) is 5.91 Å². The number of carbonyl (C=O) groups is 2. The van der Waals surface area contributed by atoms with Crippen molar-refractivity contribution < 1.29 is 19.4 Å². The first-order valence-corrected chi connectivity index (χ1v) is 6.58. The maximum atomic E-state index is 12.0. The monoisotopic (exact) mass is 278 g/mol. The molecule has 1 heterocycles. The van der Waals surface area contributed by atoms with E-state index >= 15 is 0 Å². The predicted octanol–water partition coefficient (Wildman–Crippen LogP) is 1.46. The van der Waals surface area contributed by atoms with Gasteiger partial charge in [0.2, 0.25) is 5.88 Å². The molecule has 0 spiro atoms. The minimum atomic E-state index is -0.859. The molecule has 6 nitrogen and oxygen atoms in total. The van der Waals surface area contributed by atoms with Gasteiger partial charge < -0.3 is 15.2 Å². The lowest BCUT2D eigenvalue weighted by molar-refractivity contribution is -0.143. The molecule has 2 rings (SSSR count). The summed E-state index contributed by atoms with van der Waals surface area (Å²) in [5.41, 5.74) is -0.550. The van der Waals surface area contributed by atoms with E-state index in [2.05, 4.69) is 10.3 Å². The first-order chi connectivity index (χ1) is 9.43. The Morgan fingerprint density at radius 3 is 2.70 bits per heavy atom. The van der Waals surface area contributed by atoms with Crippen LogP contribution in [0, 0.1) is 5.41 Å². The van der Waals surface area contributed by atoms with Gasteiger partial charge in [-0.2, -0.15) is 0 Å². The number of aromatic nitrogens is 1. The van der Waals surface area contributed by atoms with E-state index in [9.17, 15) is 9.59 Å². The standard InChI is InChI=1S/C14H18N2O4/c1-9(2)20-11-5-3-4-10(16-11)12(17)15-8-14(6-7-14)13(18)19/h3-5,9H,6-8H2,1-2H3,(H,15,17)(H,18,19). The Balaban J connectivity index is 1.97. The molecule has 0 atom stereocenters. The maximum absolute atomic E-state index is 12.0. The van der Waals surface area contributed by atoms with Crippen LogP contribution in [0.2, 0.25) is 0 Å². The third-order valence-corrected chi connectivity index (χ3v) is 3.21. The summed E-state index contributed by atoms with van der Waals surface area (Å²) in [6.07, 6.45) is 1.18. The van der Waals surface area contributed by atoms with Gasteiger partial charge in [0.15, 0.2) is 0 Å². The summed E-state index contributed by atoms with van der Waals surface area (Å²) in [5.74, 6) is -0.860. The fourth-order valence-electron chi connectivity index (χ4n) is 1.81. The molecule has 1 aliphatic rings. The molecule has 1 aromatic heterocycles. The number of nitrogens with zero attached hydrogens (tertiary/aromatic N) is 1. The molecule has 0 bridgehead atoms. The third kappa shape index (κ3) is 3.26. The van der Waals surface area contributed by atoms with Crippen molar-refractivity contribution in [2.24, 2.45) is 5.41 Å². The minimum Gasteiger partial charge on any atom is -0.481 e. The number of ether oxygens (including phenoxy) is 1. The van der Waals surface area contributed by atoms with Crippen LogP contribution in [0.15, 0.2) is 18.2 Å². The number of amides is 1. The Kier molecular flexibility index (Phi) is 3.92. The summed E-state index contributed by atoms with van der Waals surface area (Å²) < 4.78 is 5.42. The van der Waals surface area contributed by atoms with Crippen LogP contribution in [-0.2, 0) is 4.79 Å². The number of carbonyl (C=O) groups excluding carboxylic acids is 1. The molecule has 0 aromatic carbocycles. The van der Waals surface area contributed by atoms with Crippen molar-refractivity contribution in [3.8, 4) is 5.88 Å². The Labute approximate surface area is 117 Å². The van der Waals surface area contributed by atoms with Crippen molar-refractivity contribution >= 4 is 11.9 Å². The van der Waals surface area contributed by atoms with Gasteiger partial charge in [-0.1, -0.05) is 6.07 Å². The molecule has 0 unspecified atom stereocenters. The van der Waals surface area contributed by atoms with E-state index < -0.39 is 11.4 Å². The fourth-order valence-corrected chi connectivity index (χ4v) is 1.81. The molecule has 0 saturated heterocycles. The second-order valence-corrected chi connectivity index (χ2v) is 5.30. The van der Waals surface area contributed by atoms with Gasteiger partial charge in [-0.15, -0.1) is 0 Å². The van der Waals surface area contributed by atoms with Crippen LogP contribution in [-0.4, -0.2) is 34.6 Å². The predicted molar refractivity (Wildman–Crippen MR) is 71.6 cm³/mol. The minimum absolute atomic E-state index is 0.0254. The summed E-state index contributed by atoms with van der Waals surface area (Å²) >= 11 is 0. The molecule has 6 heteroatoms. The zero-order valence-electron chi connectivity index (χ0n) is 11.5. The lowest BCUT2D eigenvalue weighted by Gasteiger charge is -2.12. The number of hydrogen-bond acceptors (Lipinski definition) is 4. The van der Waals surface area contributed by atoms with Crippen LogP contribution in [0.1, 0.15) is 37.2 Å². The zero-order chi connectivity index (χ0) is 14.8. The van der Waals surface area contributed by atoms with Crippen molar-refractivity contribution in [1.82, 2.24) is 10.3 Å². The van der Waals surface area contributed by atoms with Gasteiger partial charge in [-0.3, -0.25) is 9.59 Å². The van der Waals surface area contributed by atoms with Crippen LogP contribution in [0.25, 0.3) is 0 Å². The Hall–Kier alpha value is -2.11. The summed E-state index contributed by atoms with van der Waals surface area (Å²) in [5, 5.41) is 11.7. The average Bonchev–Trinajstić information content (AvgIpc) is 3.16. The first kappa shape index (κ1) is 14.3. The summed E-state index contributed by atoms with van der Waals surface area (Å²) in [6, 6.07) is 4.93. The average molecular weight is 278 g/mol. The van der Waals surface area contributed by atoms with E-state index in [-0.39, 0.29) is 24.2 Å². The Morgan fingerprint density at radius 1 is 1.45 bits per heavy atom. The largest absolute Gasteiger partial charge is 0.481 e. The molecule has 20 heavy (non-hydrogen) atoms. The summed E-state index contributed by atoms with van der Waals surface area (Å²) in [6.45, 7) is 3.88. The van der Waals surface area contributed by atoms with Crippen LogP contribution in [0.4, 0.5) is 0 Å². The number of pyridine rings is 1. The van der Waals surface area contributed by atoms with Crippen LogP contribution < -0.4 is 10.1 Å². The molecule has 2 N–H and O–H groups in total. The van der Waals surface area contributed by atoms with Gasteiger partial charge in [0, 0.05) is 12.6 Å². The van der Waals surface area contributed by atoms with Gasteiger partial charge in [-0.05, 0) is 32.8 Å². The smallest absolute Gasteiger partial charge is 0.311 e. The van der Waals surface area contributed by atoms with E-state index in [4.69, 9.17) is 9.84 Å². The van der Waals surface area contributed by atoms with Crippen molar-refractivity contribution in [1.29, 1.82) is 0 Å². The van der Waals surface area contributed by atoms with E-state index in [1.54, 1.807) is 18.2 Å². The maximum Gasteiger partial charge on any atom is 0.311 e. The second kappa shape index (κ2) is 5.48. The van der Waals surface area contributed by atoms with E-state index in [1.165, 1.54) is 0 Å². The lowest BCUT2D eigenvalue weighted by Crippen LogP contribution is -2.34. The highest BCUT2D eigenvalue weighted by molar-refractivity contribution is 5.93. The quantitative estimate of drug-likeness (QED) is 0.822. The van der Waals surface area contributed by atoms with Crippen molar-refractivity contribution in [2.45, 2.75) is 32.8 Å². The second-order valence-electron chi connectivity index (χ2n) is 5.30. The highest BCUT2D eigenvalue weighted by atomic mass is 16.5. The molecule has 1 aromatic rings. The van der Waals surface area contributed by atoms with Crippen LogP contribution in [0.3, 0.4) is 0 Å². The molecular formula is C14H18N2O4. The fraction of sp³-hybridized carbons (Fsp3) is 0.500. The number of carboxylic acids is 1. The van der Waals surface area contributed by atoms with E-state index in [1.807, 2.05) is 13.8 Å². The highest BCUT2D eigenvalue weighted by Gasteiger charge is 2.50. The van der Waals surface area contributed by atoms with Gasteiger partial charge in [-0.25, -0.2) is 4.98 Å². The number of carboxylic acid groups (broad SMARTS) is 1. The normalized spacial score (nSPS) is 15.8. The lowest BCUT2D eigenvalue weighted by atomic mass is 10.1. The molecule has 1 amide bonds. The van der Waals surface area contributed by atoms with Gasteiger partial charge >= 0.3 is 5.97 Å². The van der Waals surface area contributed by atoms with Crippen molar-refractivity contribution in [3.63, 3.8) is 0 Å². The molecule has 1 saturated carbocycles. The number of rotatable bonds is 6. The molecule has 1 fully saturated rings. The molecule has 108 valence electrons. The van der Waals surface area contributed by atoms with E-state index in [0.717, 1.165) is 0 Å². The highest BCUT2D eigenvalue weighted by Crippen LogP contribution is 2.45. The molecule has 0 aliphatic heterocycles. The molecular weight excluding hydrogens is 260 g/mol. The number of hydrogen-bond donors (Lipinski definition) is 2. The van der Waals surface area contributed by atoms with Crippen LogP contribution in [0.5, 0.6) is 5.88 Å². The number of aliphatic carboxylic acids is 1. The van der Waals surface area contributed by atoms with Gasteiger partial charge in [0.05, 0.1) is 11.5 Å². The van der Waals surface area contributed by atoms with Crippen molar-refractivity contribution in [3.05, 3.63) is 23.9 Å². The number of nitrogens with one attached hydrogen (secondary N) is 1. The summed E-state index contributed by atoms with van der Waals surface area (Å²) in [4.78, 5) is 27.1.